The predicted octanol–water partition coefficient (Wildman–Crippen LogP) is 3.18. The van der Waals surface area contributed by atoms with Crippen molar-refractivity contribution in [3.63, 3.8) is 0 Å². The van der Waals surface area contributed by atoms with Gasteiger partial charge in [-0.2, -0.15) is 0 Å². The molecular formula is C18H21F2N3. The lowest BCUT2D eigenvalue weighted by Gasteiger charge is -2.13. The zero-order valence-corrected chi connectivity index (χ0v) is 13.4. The Hall–Kier alpha value is -2.43. The summed E-state index contributed by atoms with van der Waals surface area (Å²) < 4.78 is 26.7. The van der Waals surface area contributed by atoms with Crippen LogP contribution >= 0.6 is 0 Å². The summed E-state index contributed by atoms with van der Waals surface area (Å²) in [6.07, 6.45) is 0.384. The molecule has 0 saturated heterocycles. The van der Waals surface area contributed by atoms with Gasteiger partial charge in [-0.1, -0.05) is 24.3 Å². The van der Waals surface area contributed by atoms with Gasteiger partial charge in [0.15, 0.2) is 5.96 Å². The summed E-state index contributed by atoms with van der Waals surface area (Å²) in [5, 5.41) is 6.31. The minimum absolute atomic E-state index is 0.354. The quantitative estimate of drug-likeness (QED) is 0.656. The van der Waals surface area contributed by atoms with Crippen LogP contribution in [0.15, 0.2) is 47.5 Å². The Morgan fingerprint density at radius 3 is 2.57 bits per heavy atom. The summed E-state index contributed by atoms with van der Waals surface area (Å²) in [5.74, 6) is -0.190. The number of nitrogens with one attached hydrogen (secondary N) is 2. The minimum Gasteiger partial charge on any atom is -0.356 e. The first-order valence-electron chi connectivity index (χ1n) is 7.53. The van der Waals surface area contributed by atoms with Crippen molar-refractivity contribution in [2.24, 2.45) is 4.99 Å². The molecule has 23 heavy (non-hydrogen) atoms. The number of guanidine groups is 1. The fourth-order valence-corrected chi connectivity index (χ4v) is 2.26. The molecule has 2 aromatic carbocycles. The molecule has 2 N–H and O–H groups in total. The van der Waals surface area contributed by atoms with E-state index in [-0.39, 0.29) is 0 Å². The third-order valence-electron chi connectivity index (χ3n) is 3.63. The molecule has 0 bridgehead atoms. The van der Waals surface area contributed by atoms with Crippen LogP contribution in [-0.4, -0.2) is 19.6 Å². The van der Waals surface area contributed by atoms with Gasteiger partial charge in [0.05, 0.1) is 0 Å². The molecule has 0 fully saturated rings. The Bertz CT molecular complexity index is 684. The monoisotopic (exact) mass is 317 g/mol. The van der Waals surface area contributed by atoms with Crippen LogP contribution in [0.4, 0.5) is 8.78 Å². The molecule has 0 atom stereocenters. The van der Waals surface area contributed by atoms with E-state index >= 15 is 0 Å². The third kappa shape index (κ3) is 5.06. The molecule has 0 radical (unpaired) electrons. The van der Waals surface area contributed by atoms with Crippen LogP contribution in [-0.2, 0) is 13.0 Å². The highest BCUT2D eigenvalue weighted by Crippen LogP contribution is 2.10. The van der Waals surface area contributed by atoms with E-state index in [0.29, 0.717) is 31.0 Å². The molecule has 3 nitrogen and oxygen atoms in total. The molecule has 0 heterocycles. The highest BCUT2D eigenvalue weighted by molar-refractivity contribution is 5.79. The Morgan fingerprint density at radius 2 is 1.83 bits per heavy atom. The number of hydrogen-bond acceptors (Lipinski definition) is 1. The first kappa shape index (κ1) is 16.9. The van der Waals surface area contributed by atoms with Crippen LogP contribution in [0.1, 0.15) is 16.7 Å². The van der Waals surface area contributed by atoms with Crippen molar-refractivity contribution in [3.8, 4) is 0 Å². The van der Waals surface area contributed by atoms with Gasteiger partial charge in [0.1, 0.15) is 11.6 Å². The predicted molar refractivity (Wildman–Crippen MR) is 89.4 cm³/mol. The summed E-state index contributed by atoms with van der Waals surface area (Å²) in [6.45, 7) is 3.18. The lowest BCUT2D eigenvalue weighted by Crippen LogP contribution is -2.38. The van der Waals surface area contributed by atoms with Crippen LogP contribution in [0.2, 0.25) is 0 Å². The van der Waals surface area contributed by atoms with Crippen molar-refractivity contribution in [3.05, 3.63) is 70.8 Å². The normalized spacial score (nSPS) is 11.4. The van der Waals surface area contributed by atoms with Gasteiger partial charge >= 0.3 is 0 Å². The molecular weight excluding hydrogens is 296 g/mol. The molecule has 2 rings (SSSR count). The van der Waals surface area contributed by atoms with Crippen LogP contribution < -0.4 is 10.6 Å². The Kier molecular flexibility index (Phi) is 6.09. The number of benzene rings is 2. The van der Waals surface area contributed by atoms with E-state index in [4.69, 9.17) is 0 Å². The van der Waals surface area contributed by atoms with Gasteiger partial charge in [-0.25, -0.2) is 8.78 Å². The summed E-state index contributed by atoms with van der Waals surface area (Å²) >= 11 is 0. The second-order valence-electron chi connectivity index (χ2n) is 5.26. The maximum absolute atomic E-state index is 13.5. The average molecular weight is 317 g/mol. The van der Waals surface area contributed by atoms with E-state index in [2.05, 4.69) is 34.7 Å². The van der Waals surface area contributed by atoms with Crippen molar-refractivity contribution in [2.75, 3.05) is 13.6 Å². The van der Waals surface area contributed by atoms with Crippen molar-refractivity contribution in [1.82, 2.24) is 10.6 Å². The number of aryl methyl sites for hydroxylation is 1. The summed E-state index contributed by atoms with van der Waals surface area (Å²) in [6, 6.07) is 11.6. The fraction of sp³-hybridized carbons (Fsp3) is 0.278. The van der Waals surface area contributed by atoms with Crippen LogP contribution in [0.5, 0.6) is 0 Å². The van der Waals surface area contributed by atoms with Crippen molar-refractivity contribution in [2.45, 2.75) is 19.9 Å². The smallest absolute Gasteiger partial charge is 0.191 e. The standard InChI is InChI=1S/C18H21F2N3/c1-13-5-3-4-6-15(13)12-23-18(21-2)22-10-9-14-11-16(19)7-8-17(14)20/h3-8,11H,9-10,12H2,1-2H3,(H2,21,22,23). The average Bonchev–Trinajstić information content (AvgIpc) is 2.55. The molecule has 0 aliphatic rings. The molecule has 5 heteroatoms. The molecule has 122 valence electrons. The second-order valence-corrected chi connectivity index (χ2v) is 5.26. The van der Waals surface area contributed by atoms with E-state index in [1.165, 1.54) is 17.2 Å². The van der Waals surface area contributed by atoms with E-state index in [1.807, 2.05) is 12.1 Å². The van der Waals surface area contributed by atoms with Crippen LogP contribution in [0.25, 0.3) is 0 Å². The maximum Gasteiger partial charge on any atom is 0.191 e. The third-order valence-corrected chi connectivity index (χ3v) is 3.63. The summed E-state index contributed by atoms with van der Waals surface area (Å²) in [5.41, 5.74) is 2.75. The number of hydrogen-bond donors (Lipinski definition) is 2. The van der Waals surface area contributed by atoms with Gasteiger partial charge in [-0.15, -0.1) is 0 Å². The molecule has 0 amide bonds. The lowest BCUT2D eigenvalue weighted by atomic mass is 10.1. The van der Waals surface area contributed by atoms with Crippen molar-refractivity contribution < 1.29 is 8.78 Å². The Labute approximate surface area is 135 Å². The van der Waals surface area contributed by atoms with Crippen molar-refractivity contribution in [1.29, 1.82) is 0 Å². The molecule has 0 saturated carbocycles. The number of halogens is 2. The van der Waals surface area contributed by atoms with Gasteiger partial charge in [-0.05, 0) is 48.2 Å². The first-order valence-corrected chi connectivity index (χ1v) is 7.53. The fourth-order valence-electron chi connectivity index (χ4n) is 2.26. The van der Waals surface area contributed by atoms with E-state index in [0.717, 1.165) is 12.1 Å². The van der Waals surface area contributed by atoms with Gasteiger partial charge in [0, 0.05) is 20.1 Å². The summed E-state index contributed by atoms with van der Waals surface area (Å²) in [4.78, 5) is 4.13. The number of aliphatic imine (C=N–C) groups is 1. The second kappa shape index (κ2) is 8.27. The highest BCUT2D eigenvalue weighted by atomic mass is 19.1. The van der Waals surface area contributed by atoms with Gasteiger partial charge in [-0.3, -0.25) is 4.99 Å². The molecule has 0 spiro atoms. The van der Waals surface area contributed by atoms with Crippen molar-refractivity contribution >= 4 is 5.96 Å². The lowest BCUT2D eigenvalue weighted by molar-refractivity contribution is 0.583. The van der Waals surface area contributed by atoms with Gasteiger partial charge in [0.2, 0.25) is 0 Å². The number of nitrogens with zero attached hydrogens (tertiary/aromatic N) is 1. The van der Waals surface area contributed by atoms with E-state index in [9.17, 15) is 8.78 Å². The van der Waals surface area contributed by atoms with Crippen LogP contribution in [0.3, 0.4) is 0 Å². The van der Waals surface area contributed by atoms with E-state index in [1.54, 1.807) is 7.05 Å². The molecule has 2 aromatic rings. The van der Waals surface area contributed by atoms with Crippen LogP contribution in [0, 0.1) is 18.6 Å². The minimum atomic E-state index is -0.427. The Morgan fingerprint density at radius 1 is 1.04 bits per heavy atom. The molecule has 0 aliphatic carbocycles. The SMILES string of the molecule is CN=C(NCCc1cc(F)ccc1F)NCc1ccccc1C. The highest BCUT2D eigenvalue weighted by Gasteiger charge is 2.05. The van der Waals surface area contributed by atoms with Gasteiger partial charge < -0.3 is 10.6 Å². The van der Waals surface area contributed by atoms with E-state index < -0.39 is 11.6 Å². The zero-order valence-electron chi connectivity index (χ0n) is 13.4. The molecule has 0 aliphatic heterocycles. The number of rotatable bonds is 5. The Balaban J connectivity index is 1.84. The molecule has 0 unspecified atom stereocenters. The topological polar surface area (TPSA) is 36.4 Å². The van der Waals surface area contributed by atoms with Gasteiger partial charge in [0.25, 0.3) is 0 Å². The first-order chi connectivity index (χ1) is 11.1. The summed E-state index contributed by atoms with van der Waals surface area (Å²) in [7, 11) is 1.68. The maximum atomic E-state index is 13.5. The molecule has 0 aromatic heterocycles. The largest absolute Gasteiger partial charge is 0.356 e. The zero-order chi connectivity index (χ0) is 16.7.